The molecule has 0 saturated heterocycles. The van der Waals surface area contributed by atoms with Crippen molar-refractivity contribution in [2.75, 3.05) is 20.5 Å². The Labute approximate surface area is 230 Å². The molecule has 0 saturated carbocycles. The highest BCUT2D eigenvalue weighted by Crippen LogP contribution is 2.34. The third kappa shape index (κ3) is 5.80. The lowest BCUT2D eigenvalue weighted by Gasteiger charge is -2.17. The van der Waals surface area contributed by atoms with Crippen molar-refractivity contribution in [2.45, 2.75) is 30.4 Å². The zero-order valence-corrected chi connectivity index (χ0v) is 22.6. The summed E-state index contributed by atoms with van der Waals surface area (Å²) in [4.78, 5) is 12.7. The molecule has 1 aromatic heterocycles. The molecule has 3 aromatic carbocycles. The van der Waals surface area contributed by atoms with Crippen molar-refractivity contribution in [3.8, 4) is 22.9 Å². The van der Waals surface area contributed by atoms with E-state index in [1.165, 1.54) is 0 Å². The number of carbonyl (C=O) groups excluding carboxylic acids is 1. The van der Waals surface area contributed by atoms with E-state index >= 15 is 0 Å². The quantitative estimate of drug-likeness (QED) is 0.251. The number of fused-ring (bicyclic) bond motifs is 1. The number of methoxy groups -OCH3 is 1. The van der Waals surface area contributed by atoms with Crippen LogP contribution in [0.1, 0.15) is 34.5 Å². The first-order valence-corrected chi connectivity index (χ1v) is 13.5. The van der Waals surface area contributed by atoms with Gasteiger partial charge in [0.1, 0.15) is 0 Å². The van der Waals surface area contributed by atoms with E-state index in [9.17, 15) is 4.79 Å². The Bertz CT molecular complexity index is 1430. The normalized spacial score (nSPS) is 12.9. The lowest BCUT2D eigenvalue weighted by molar-refractivity contribution is 0.0951. The summed E-state index contributed by atoms with van der Waals surface area (Å²) < 4.78 is 18.2. The first kappa shape index (κ1) is 26.1. The number of halogens is 1. The average Bonchev–Trinajstić information content (AvgIpc) is 3.58. The summed E-state index contributed by atoms with van der Waals surface area (Å²) in [6, 6.07) is 20.8. The lowest BCUT2D eigenvalue weighted by Crippen LogP contribution is -2.22. The Kier molecular flexibility index (Phi) is 8.17. The smallest absolute Gasteiger partial charge is 0.251 e. The topological polar surface area (TPSA) is 87.5 Å². The second kappa shape index (κ2) is 11.9. The van der Waals surface area contributed by atoms with Crippen LogP contribution < -0.4 is 14.8 Å². The zero-order valence-electron chi connectivity index (χ0n) is 21.0. The molecule has 1 aliphatic heterocycles. The lowest BCUT2D eigenvalue weighted by atomic mass is 10.1. The van der Waals surface area contributed by atoms with Crippen LogP contribution in [0, 0.1) is 0 Å². The summed E-state index contributed by atoms with van der Waals surface area (Å²) in [5.74, 6) is 2.65. The predicted octanol–water partition coefficient (Wildman–Crippen LogP) is 5.76. The van der Waals surface area contributed by atoms with Gasteiger partial charge in [0.05, 0.1) is 17.7 Å². The van der Waals surface area contributed by atoms with Crippen molar-refractivity contribution < 1.29 is 19.0 Å². The SMILES string of the molecule is COC[C@H](C)n1c(SCc2ccc(C(=O)NCc3ccc4c(c3)OCO4)cc2)nnc1-c1ccccc1Cl. The standard InChI is InChI=1S/C28H27ClN4O4S/c1-18(15-35-2)33-26(22-5-3-4-6-23(22)29)31-32-28(33)38-16-19-7-10-21(11-8-19)27(34)30-14-20-9-12-24-25(13-20)37-17-36-24/h3-13,18H,14-17H2,1-2H3,(H,30,34)/t18-/m0/s1. The second-order valence-electron chi connectivity index (χ2n) is 8.82. The Hall–Kier alpha value is -3.53. The number of carbonyl (C=O) groups is 1. The molecule has 8 nitrogen and oxygen atoms in total. The van der Waals surface area contributed by atoms with Gasteiger partial charge < -0.3 is 19.5 Å². The summed E-state index contributed by atoms with van der Waals surface area (Å²) in [5, 5.41) is 13.2. The van der Waals surface area contributed by atoms with Gasteiger partial charge in [0, 0.05) is 30.5 Å². The Balaban J connectivity index is 1.23. The molecule has 0 unspecified atom stereocenters. The second-order valence-corrected chi connectivity index (χ2v) is 10.2. The van der Waals surface area contributed by atoms with Gasteiger partial charge in [-0.25, -0.2) is 0 Å². The van der Waals surface area contributed by atoms with Gasteiger partial charge in [0.25, 0.3) is 5.91 Å². The van der Waals surface area contributed by atoms with Gasteiger partial charge in [-0.2, -0.15) is 0 Å². The van der Waals surface area contributed by atoms with Crippen LogP contribution in [-0.4, -0.2) is 41.2 Å². The third-order valence-electron chi connectivity index (χ3n) is 6.10. The molecule has 38 heavy (non-hydrogen) atoms. The van der Waals surface area contributed by atoms with Gasteiger partial charge in [-0.3, -0.25) is 9.36 Å². The summed E-state index contributed by atoms with van der Waals surface area (Å²) in [6.45, 7) is 3.20. The highest BCUT2D eigenvalue weighted by molar-refractivity contribution is 7.98. The Morgan fingerprint density at radius 3 is 2.63 bits per heavy atom. The van der Waals surface area contributed by atoms with Crippen LogP contribution in [0.15, 0.2) is 71.9 Å². The van der Waals surface area contributed by atoms with E-state index < -0.39 is 0 Å². The van der Waals surface area contributed by atoms with Crippen LogP contribution in [0.5, 0.6) is 11.5 Å². The minimum absolute atomic E-state index is 0.0135. The molecule has 10 heteroatoms. The minimum Gasteiger partial charge on any atom is -0.454 e. The number of benzene rings is 3. The predicted molar refractivity (Wildman–Crippen MR) is 147 cm³/mol. The van der Waals surface area contributed by atoms with Gasteiger partial charge in [-0.05, 0) is 54.4 Å². The zero-order chi connectivity index (χ0) is 26.5. The van der Waals surface area contributed by atoms with Gasteiger partial charge in [0.15, 0.2) is 22.5 Å². The molecule has 5 rings (SSSR count). The highest BCUT2D eigenvalue weighted by Gasteiger charge is 2.21. The van der Waals surface area contributed by atoms with Crippen LogP contribution in [0.4, 0.5) is 0 Å². The van der Waals surface area contributed by atoms with Crippen LogP contribution in [-0.2, 0) is 17.0 Å². The van der Waals surface area contributed by atoms with Crippen LogP contribution in [0.25, 0.3) is 11.4 Å². The fourth-order valence-electron chi connectivity index (χ4n) is 4.15. The van der Waals surface area contributed by atoms with E-state index in [1.54, 1.807) is 18.9 Å². The molecule has 196 valence electrons. The molecular weight excluding hydrogens is 524 g/mol. The minimum atomic E-state index is -0.139. The van der Waals surface area contributed by atoms with E-state index in [-0.39, 0.29) is 18.7 Å². The number of rotatable bonds is 10. The summed E-state index contributed by atoms with van der Waals surface area (Å²) >= 11 is 8.03. The van der Waals surface area contributed by atoms with E-state index in [0.29, 0.717) is 41.1 Å². The molecule has 4 aromatic rings. The molecule has 0 bridgehead atoms. The summed E-state index contributed by atoms with van der Waals surface area (Å²) in [6.07, 6.45) is 0. The number of hydrogen-bond acceptors (Lipinski definition) is 7. The van der Waals surface area contributed by atoms with Crippen LogP contribution in [0.2, 0.25) is 5.02 Å². The summed E-state index contributed by atoms with van der Waals surface area (Å²) in [5.41, 5.74) is 3.43. The molecule has 2 heterocycles. The largest absolute Gasteiger partial charge is 0.454 e. The van der Waals surface area contributed by atoms with Crippen molar-refractivity contribution in [3.05, 3.63) is 88.4 Å². The van der Waals surface area contributed by atoms with Gasteiger partial charge >= 0.3 is 0 Å². The van der Waals surface area contributed by atoms with Crippen LogP contribution >= 0.6 is 23.4 Å². The fourth-order valence-corrected chi connectivity index (χ4v) is 5.36. The van der Waals surface area contributed by atoms with Gasteiger partial charge in [-0.15, -0.1) is 10.2 Å². The van der Waals surface area contributed by atoms with E-state index in [4.69, 9.17) is 25.8 Å². The number of thioether (sulfide) groups is 1. The highest BCUT2D eigenvalue weighted by atomic mass is 35.5. The fraction of sp³-hybridized carbons (Fsp3) is 0.250. The number of aromatic nitrogens is 3. The van der Waals surface area contributed by atoms with E-state index in [2.05, 4.69) is 27.0 Å². The first-order chi connectivity index (χ1) is 18.5. The molecule has 1 atom stereocenters. The Morgan fingerprint density at radius 2 is 1.84 bits per heavy atom. The molecule has 1 amide bonds. The van der Waals surface area contributed by atoms with E-state index in [1.807, 2.05) is 66.7 Å². The van der Waals surface area contributed by atoms with Crippen molar-refractivity contribution in [1.29, 1.82) is 0 Å². The number of nitrogens with zero attached hydrogens (tertiary/aromatic N) is 3. The van der Waals surface area contributed by atoms with Crippen molar-refractivity contribution in [1.82, 2.24) is 20.1 Å². The maximum Gasteiger partial charge on any atom is 0.251 e. The van der Waals surface area contributed by atoms with Gasteiger partial charge in [0.2, 0.25) is 6.79 Å². The van der Waals surface area contributed by atoms with Crippen molar-refractivity contribution in [3.63, 3.8) is 0 Å². The van der Waals surface area contributed by atoms with Crippen molar-refractivity contribution in [2.24, 2.45) is 0 Å². The molecule has 0 radical (unpaired) electrons. The van der Waals surface area contributed by atoms with Crippen molar-refractivity contribution >= 4 is 29.3 Å². The molecule has 0 aliphatic carbocycles. The number of hydrogen-bond donors (Lipinski definition) is 1. The van der Waals surface area contributed by atoms with E-state index in [0.717, 1.165) is 27.6 Å². The number of amides is 1. The molecular formula is C28H27ClN4O4S. The summed E-state index contributed by atoms with van der Waals surface area (Å²) in [7, 11) is 1.68. The van der Waals surface area contributed by atoms with Crippen LogP contribution in [0.3, 0.4) is 0 Å². The monoisotopic (exact) mass is 550 g/mol. The first-order valence-electron chi connectivity index (χ1n) is 12.1. The molecule has 1 N–H and O–H groups in total. The molecule has 0 fully saturated rings. The maximum absolute atomic E-state index is 12.7. The molecule has 0 spiro atoms. The number of nitrogens with one attached hydrogen (secondary N) is 1. The third-order valence-corrected chi connectivity index (χ3v) is 7.45. The number of ether oxygens (including phenoxy) is 3. The maximum atomic E-state index is 12.7. The van der Waals surface area contributed by atoms with Gasteiger partial charge in [-0.1, -0.05) is 53.7 Å². The Morgan fingerprint density at radius 1 is 1.08 bits per heavy atom. The average molecular weight is 551 g/mol. The molecule has 1 aliphatic rings.